The number of nitrogens with zero attached hydrogens (tertiary/aromatic N) is 5. The van der Waals surface area contributed by atoms with E-state index in [4.69, 9.17) is 14.2 Å². The Labute approximate surface area is 204 Å². The van der Waals surface area contributed by atoms with E-state index in [1.165, 1.54) is 6.33 Å². The van der Waals surface area contributed by atoms with Crippen LogP contribution >= 0.6 is 0 Å². The maximum Gasteiger partial charge on any atom is 0.230 e. The molecule has 0 saturated carbocycles. The molecular weight excluding hydrogens is 444 g/mol. The molecule has 1 N–H and O–H groups in total. The number of rotatable bonds is 10. The number of benzene rings is 1. The highest BCUT2D eigenvalue weighted by atomic mass is 16.5. The minimum atomic E-state index is 0.437. The van der Waals surface area contributed by atoms with Crippen LogP contribution in [0.25, 0.3) is 21.9 Å². The lowest BCUT2D eigenvalue weighted by molar-refractivity contribution is 0.135. The van der Waals surface area contributed by atoms with Crippen molar-refractivity contribution in [3.05, 3.63) is 55.6 Å². The Morgan fingerprint density at radius 2 is 1.91 bits per heavy atom. The Kier molecular flexibility index (Phi) is 7.06. The number of fused-ring (bicyclic) bond motifs is 2. The van der Waals surface area contributed by atoms with Gasteiger partial charge in [-0.25, -0.2) is 15.0 Å². The predicted molar refractivity (Wildman–Crippen MR) is 135 cm³/mol. The summed E-state index contributed by atoms with van der Waals surface area (Å²) in [4.78, 5) is 21.1. The molecule has 1 aromatic carbocycles. The van der Waals surface area contributed by atoms with Gasteiger partial charge in [0, 0.05) is 56.9 Å². The predicted octanol–water partition coefficient (Wildman–Crippen LogP) is 3.88. The van der Waals surface area contributed by atoms with Crippen LogP contribution in [0.4, 0.5) is 0 Å². The SMILES string of the molecule is C=CCN1CCN(CCCOc2cc3ncnc(Oc4cnc5[nH]ccc5c4)c3cc2OC)CC1. The van der Waals surface area contributed by atoms with Gasteiger partial charge in [0.2, 0.25) is 5.88 Å². The number of aromatic nitrogens is 4. The van der Waals surface area contributed by atoms with Gasteiger partial charge in [-0.05, 0) is 24.6 Å². The molecule has 0 spiro atoms. The Balaban J connectivity index is 1.24. The molecule has 0 aliphatic carbocycles. The second-order valence-electron chi connectivity index (χ2n) is 8.52. The lowest BCUT2D eigenvalue weighted by Crippen LogP contribution is -2.46. The molecule has 1 saturated heterocycles. The van der Waals surface area contributed by atoms with Crippen molar-refractivity contribution in [2.24, 2.45) is 0 Å². The number of H-pyrrole nitrogens is 1. The normalized spacial score (nSPS) is 14.9. The van der Waals surface area contributed by atoms with Gasteiger partial charge in [0.05, 0.1) is 30.8 Å². The van der Waals surface area contributed by atoms with Crippen LogP contribution in [0.5, 0.6) is 23.1 Å². The van der Waals surface area contributed by atoms with E-state index >= 15 is 0 Å². The van der Waals surface area contributed by atoms with E-state index < -0.39 is 0 Å². The van der Waals surface area contributed by atoms with Crippen molar-refractivity contribution < 1.29 is 14.2 Å². The van der Waals surface area contributed by atoms with Crippen molar-refractivity contribution in [3.63, 3.8) is 0 Å². The first kappa shape index (κ1) is 23.1. The quantitative estimate of drug-likeness (QED) is 0.274. The van der Waals surface area contributed by atoms with E-state index in [1.54, 1.807) is 13.3 Å². The minimum absolute atomic E-state index is 0.437. The van der Waals surface area contributed by atoms with Gasteiger partial charge in [-0.3, -0.25) is 4.90 Å². The maximum atomic E-state index is 6.09. The number of hydrogen-bond acceptors (Lipinski definition) is 8. The van der Waals surface area contributed by atoms with Gasteiger partial charge in [0.25, 0.3) is 0 Å². The van der Waals surface area contributed by atoms with Crippen LogP contribution in [0.2, 0.25) is 0 Å². The molecule has 0 amide bonds. The van der Waals surface area contributed by atoms with E-state index in [9.17, 15) is 0 Å². The monoisotopic (exact) mass is 474 g/mol. The van der Waals surface area contributed by atoms with Crippen LogP contribution in [0.1, 0.15) is 6.42 Å². The fourth-order valence-corrected chi connectivity index (χ4v) is 4.33. The van der Waals surface area contributed by atoms with Crippen LogP contribution in [0.15, 0.2) is 55.6 Å². The number of hydrogen-bond donors (Lipinski definition) is 1. The molecule has 9 nitrogen and oxygen atoms in total. The fraction of sp³-hybridized carbons (Fsp3) is 0.346. The second kappa shape index (κ2) is 10.7. The van der Waals surface area contributed by atoms with Gasteiger partial charge in [-0.2, -0.15) is 0 Å². The number of piperazine rings is 1. The Morgan fingerprint density at radius 3 is 2.74 bits per heavy atom. The summed E-state index contributed by atoms with van der Waals surface area (Å²) < 4.78 is 17.8. The van der Waals surface area contributed by atoms with Crippen molar-refractivity contribution in [2.45, 2.75) is 6.42 Å². The van der Waals surface area contributed by atoms with Crippen LogP contribution in [-0.2, 0) is 0 Å². The van der Waals surface area contributed by atoms with Crippen molar-refractivity contribution in [1.29, 1.82) is 0 Å². The average Bonchev–Trinajstić information content (AvgIpc) is 3.35. The molecule has 0 atom stereocenters. The molecule has 0 radical (unpaired) electrons. The Bertz CT molecular complexity index is 1300. The van der Waals surface area contributed by atoms with Gasteiger partial charge in [-0.15, -0.1) is 6.58 Å². The lowest BCUT2D eigenvalue weighted by Gasteiger charge is -2.34. The van der Waals surface area contributed by atoms with Gasteiger partial charge in [0.1, 0.15) is 17.7 Å². The largest absolute Gasteiger partial charge is 0.493 e. The molecule has 182 valence electrons. The molecule has 0 bridgehead atoms. The Hall–Kier alpha value is -3.69. The lowest BCUT2D eigenvalue weighted by atomic mass is 10.2. The molecule has 0 unspecified atom stereocenters. The molecule has 4 heterocycles. The van der Waals surface area contributed by atoms with E-state index in [2.05, 4.69) is 36.3 Å². The van der Waals surface area contributed by atoms with Crippen molar-refractivity contribution in [2.75, 3.05) is 53.0 Å². The van der Waals surface area contributed by atoms with Crippen LogP contribution in [0, 0.1) is 0 Å². The highest BCUT2D eigenvalue weighted by molar-refractivity contribution is 5.87. The Morgan fingerprint density at radius 1 is 1.06 bits per heavy atom. The first-order valence-corrected chi connectivity index (χ1v) is 11.9. The zero-order chi connectivity index (χ0) is 24.0. The highest BCUT2D eigenvalue weighted by Crippen LogP contribution is 2.36. The van der Waals surface area contributed by atoms with Crippen LogP contribution in [-0.4, -0.2) is 82.7 Å². The number of methoxy groups -OCH3 is 1. The number of ether oxygens (including phenoxy) is 3. The fourth-order valence-electron chi connectivity index (χ4n) is 4.33. The van der Waals surface area contributed by atoms with Gasteiger partial charge < -0.3 is 24.1 Å². The van der Waals surface area contributed by atoms with Crippen molar-refractivity contribution in [1.82, 2.24) is 29.7 Å². The summed E-state index contributed by atoms with van der Waals surface area (Å²) in [5.74, 6) is 2.32. The number of pyridine rings is 1. The summed E-state index contributed by atoms with van der Waals surface area (Å²) in [6.45, 7) is 10.7. The maximum absolute atomic E-state index is 6.09. The van der Waals surface area contributed by atoms with Crippen LogP contribution in [0.3, 0.4) is 0 Å². The molecule has 1 aliphatic heterocycles. The number of aromatic amines is 1. The molecule has 1 fully saturated rings. The molecule has 1 aliphatic rings. The molecule has 5 rings (SSSR count). The van der Waals surface area contributed by atoms with E-state index in [0.717, 1.165) is 67.6 Å². The zero-order valence-corrected chi connectivity index (χ0v) is 19.9. The zero-order valence-electron chi connectivity index (χ0n) is 19.9. The third-order valence-corrected chi connectivity index (χ3v) is 6.20. The molecule has 35 heavy (non-hydrogen) atoms. The smallest absolute Gasteiger partial charge is 0.230 e. The van der Waals surface area contributed by atoms with E-state index in [0.29, 0.717) is 29.7 Å². The minimum Gasteiger partial charge on any atom is -0.493 e. The molecule has 3 aromatic heterocycles. The summed E-state index contributed by atoms with van der Waals surface area (Å²) in [6.07, 6.45) is 7.91. The summed E-state index contributed by atoms with van der Waals surface area (Å²) in [5, 5.41) is 1.70. The summed E-state index contributed by atoms with van der Waals surface area (Å²) in [7, 11) is 1.63. The number of nitrogens with one attached hydrogen (secondary N) is 1. The second-order valence-corrected chi connectivity index (χ2v) is 8.52. The first-order chi connectivity index (χ1) is 17.2. The van der Waals surface area contributed by atoms with Crippen LogP contribution < -0.4 is 14.2 Å². The molecule has 9 heteroatoms. The topological polar surface area (TPSA) is 88.6 Å². The molecular formula is C26H30N6O3. The summed E-state index contributed by atoms with van der Waals surface area (Å²) in [5.41, 5.74) is 1.53. The average molecular weight is 475 g/mol. The summed E-state index contributed by atoms with van der Waals surface area (Å²) >= 11 is 0. The van der Waals surface area contributed by atoms with Crippen molar-refractivity contribution >= 4 is 21.9 Å². The van der Waals surface area contributed by atoms with Gasteiger partial charge in [0.15, 0.2) is 11.5 Å². The third kappa shape index (κ3) is 5.36. The molecule has 4 aromatic rings. The van der Waals surface area contributed by atoms with Gasteiger partial charge >= 0.3 is 0 Å². The summed E-state index contributed by atoms with van der Waals surface area (Å²) in [6, 6.07) is 7.61. The third-order valence-electron chi connectivity index (χ3n) is 6.20. The van der Waals surface area contributed by atoms with Crippen molar-refractivity contribution in [3.8, 4) is 23.1 Å². The van der Waals surface area contributed by atoms with E-state index in [-0.39, 0.29) is 0 Å². The first-order valence-electron chi connectivity index (χ1n) is 11.9. The van der Waals surface area contributed by atoms with Gasteiger partial charge in [-0.1, -0.05) is 6.08 Å². The standard InChI is InChI=1S/C26H30N6O3/c1-3-7-31-9-11-32(12-10-31)8-4-13-34-24-16-22-21(15-23(24)33-2)26(30-18-29-22)35-20-14-19-5-6-27-25(19)28-17-20/h3,5-6,14-18H,1,4,7-13H2,2H3,(H,27,28). The highest BCUT2D eigenvalue weighted by Gasteiger charge is 2.16. The van der Waals surface area contributed by atoms with E-state index in [1.807, 2.05) is 36.5 Å².